The van der Waals surface area contributed by atoms with Crippen LogP contribution in [0.3, 0.4) is 0 Å². The SMILES string of the molecule is COc1cc2nc(N)n(CCO)c2cc1OC. The highest BCUT2D eigenvalue weighted by Gasteiger charge is 2.12. The molecule has 0 radical (unpaired) electrons. The van der Waals surface area contributed by atoms with Crippen molar-refractivity contribution in [2.75, 3.05) is 26.6 Å². The summed E-state index contributed by atoms with van der Waals surface area (Å²) in [4.78, 5) is 4.21. The first-order valence-corrected chi connectivity index (χ1v) is 5.20. The van der Waals surface area contributed by atoms with Crippen LogP contribution in [0.25, 0.3) is 11.0 Å². The summed E-state index contributed by atoms with van der Waals surface area (Å²) in [7, 11) is 3.14. The number of anilines is 1. The number of hydrogen-bond acceptors (Lipinski definition) is 5. The van der Waals surface area contributed by atoms with Gasteiger partial charge in [0.2, 0.25) is 5.95 Å². The number of aromatic nitrogens is 2. The lowest BCUT2D eigenvalue weighted by atomic mass is 10.2. The van der Waals surface area contributed by atoms with Crippen molar-refractivity contribution >= 4 is 17.0 Å². The smallest absolute Gasteiger partial charge is 0.201 e. The van der Waals surface area contributed by atoms with Gasteiger partial charge in [0.15, 0.2) is 11.5 Å². The third kappa shape index (κ3) is 1.87. The molecule has 0 aliphatic carbocycles. The zero-order chi connectivity index (χ0) is 12.4. The van der Waals surface area contributed by atoms with Crippen molar-refractivity contribution in [2.45, 2.75) is 6.54 Å². The number of nitrogens with zero attached hydrogens (tertiary/aromatic N) is 2. The first-order chi connectivity index (χ1) is 8.21. The molecule has 0 aliphatic heterocycles. The van der Waals surface area contributed by atoms with Crippen molar-refractivity contribution in [3.05, 3.63) is 12.1 Å². The molecule has 0 saturated carbocycles. The minimum absolute atomic E-state index is 0.00397. The number of fused-ring (bicyclic) bond motifs is 1. The van der Waals surface area contributed by atoms with E-state index < -0.39 is 0 Å². The molecule has 0 amide bonds. The van der Waals surface area contributed by atoms with Crippen LogP contribution in [0.5, 0.6) is 11.5 Å². The first-order valence-electron chi connectivity index (χ1n) is 5.20. The zero-order valence-corrected chi connectivity index (χ0v) is 9.80. The van der Waals surface area contributed by atoms with Crippen LogP contribution < -0.4 is 15.2 Å². The molecule has 0 spiro atoms. The molecule has 3 N–H and O–H groups in total. The summed E-state index contributed by atoms with van der Waals surface area (Å²) in [6, 6.07) is 3.56. The maximum atomic E-state index is 8.99. The summed E-state index contributed by atoms with van der Waals surface area (Å²) in [5.74, 6) is 1.58. The molecule has 92 valence electrons. The number of aliphatic hydroxyl groups excluding tert-OH is 1. The fraction of sp³-hybridized carbons (Fsp3) is 0.364. The Morgan fingerprint density at radius 1 is 1.29 bits per heavy atom. The Balaban J connectivity index is 2.65. The van der Waals surface area contributed by atoms with E-state index in [-0.39, 0.29) is 6.61 Å². The Morgan fingerprint density at radius 3 is 2.53 bits per heavy atom. The number of nitrogens with two attached hydrogens (primary N) is 1. The Bertz CT molecular complexity index is 536. The average Bonchev–Trinajstić information content (AvgIpc) is 2.64. The third-order valence-corrected chi connectivity index (χ3v) is 2.61. The maximum absolute atomic E-state index is 8.99. The van der Waals surface area contributed by atoms with Crippen molar-refractivity contribution < 1.29 is 14.6 Å². The van der Waals surface area contributed by atoms with Gasteiger partial charge in [0.1, 0.15) is 0 Å². The van der Waals surface area contributed by atoms with Crippen LogP contribution in [-0.4, -0.2) is 35.5 Å². The van der Waals surface area contributed by atoms with Gasteiger partial charge in [0, 0.05) is 18.7 Å². The van der Waals surface area contributed by atoms with Crippen LogP contribution in [0.1, 0.15) is 0 Å². The topological polar surface area (TPSA) is 82.5 Å². The number of rotatable bonds is 4. The lowest BCUT2D eigenvalue weighted by Gasteiger charge is -2.08. The van der Waals surface area contributed by atoms with Crippen molar-refractivity contribution in [2.24, 2.45) is 0 Å². The van der Waals surface area contributed by atoms with Gasteiger partial charge in [-0.2, -0.15) is 0 Å². The number of nitrogen functional groups attached to an aromatic ring is 1. The van der Waals surface area contributed by atoms with Crippen LogP contribution >= 0.6 is 0 Å². The Kier molecular flexibility index (Phi) is 3.06. The molecule has 17 heavy (non-hydrogen) atoms. The van der Waals surface area contributed by atoms with E-state index in [1.807, 2.05) is 0 Å². The van der Waals surface area contributed by atoms with Crippen LogP contribution in [0.15, 0.2) is 12.1 Å². The van der Waals surface area contributed by atoms with Gasteiger partial charge >= 0.3 is 0 Å². The number of hydrogen-bond donors (Lipinski definition) is 2. The zero-order valence-electron chi connectivity index (χ0n) is 9.80. The second-order valence-corrected chi connectivity index (χ2v) is 3.54. The minimum Gasteiger partial charge on any atom is -0.493 e. The van der Waals surface area contributed by atoms with Gasteiger partial charge in [-0.25, -0.2) is 4.98 Å². The molecule has 6 nitrogen and oxygen atoms in total. The number of aliphatic hydroxyl groups is 1. The monoisotopic (exact) mass is 237 g/mol. The van der Waals surface area contributed by atoms with E-state index in [0.717, 1.165) is 5.52 Å². The lowest BCUT2D eigenvalue weighted by Crippen LogP contribution is -2.06. The van der Waals surface area contributed by atoms with E-state index in [1.165, 1.54) is 0 Å². The molecule has 1 aromatic heterocycles. The van der Waals surface area contributed by atoms with E-state index in [0.29, 0.717) is 29.5 Å². The summed E-state index contributed by atoms with van der Waals surface area (Å²) < 4.78 is 12.1. The second kappa shape index (κ2) is 4.50. The summed E-state index contributed by atoms with van der Waals surface area (Å²) >= 11 is 0. The van der Waals surface area contributed by atoms with E-state index >= 15 is 0 Å². The molecule has 0 atom stereocenters. The van der Waals surface area contributed by atoms with E-state index in [1.54, 1.807) is 30.9 Å². The van der Waals surface area contributed by atoms with Gasteiger partial charge in [-0.3, -0.25) is 0 Å². The fourth-order valence-corrected chi connectivity index (χ4v) is 1.81. The normalized spacial score (nSPS) is 10.8. The van der Waals surface area contributed by atoms with E-state index in [2.05, 4.69) is 4.98 Å². The second-order valence-electron chi connectivity index (χ2n) is 3.54. The molecular formula is C11H15N3O3. The molecular weight excluding hydrogens is 222 g/mol. The molecule has 0 bridgehead atoms. The summed E-state index contributed by atoms with van der Waals surface area (Å²) in [5.41, 5.74) is 7.31. The predicted molar refractivity (Wildman–Crippen MR) is 64.3 cm³/mol. The van der Waals surface area contributed by atoms with Crippen molar-refractivity contribution in [3.8, 4) is 11.5 Å². The Labute approximate surface area is 98.6 Å². The lowest BCUT2D eigenvalue weighted by molar-refractivity contribution is 0.278. The first kappa shape index (κ1) is 11.5. The molecule has 1 heterocycles. The van der Waals surface area contributed by atoms with Gasteiger partial charge in [0.05, 0.1) is 31.9 Å². The highest BCUT2D eigenvalue weighted by atomic mass is 16.5. The van der Waals surface area contributed by atoms with Crippen molar-refractivity contribution in [1.82, 2.24) is 9.55 Å². The quantitative estimate of drug-likeness (QED) is 0.814. The number of benzene rings is 1. The van der Waals surface area contributed by atoms with Crippen LogP contribution in [0.2, 0.25) is 0 Å². The van der Waals surface area contributed by atoms with Crippen LogP contribution in [0.4, 0.5) is 5.95 Å². The highest BCUT2D eigenvalue weighted by Crippen LogP contribution is 2.32. The van der Waals surface area contributed by atoms with Gasteiger partial charge < -0.3 is 24.9 Å². The molecule has 0 aliphatic rings. The predicted octanol–water partition coefficient (Wildman–Crippen LogP) is 0.628. The Morgan fingerprint density at radius 2 is 1.94 bits per heavy atom. The maximum Gasteiger partial charge on any atom is 0.201 e. The third-order valence-electron chi connectivity index (χ3n) is 2.61. The number of imidazole rings is 1. The summed E-state index contributed by atoms with van der Waals surface area (Å²) in [6.45, 7) is 0.405. The highest BCUT2D eigenvalue weighted by molar-refractivity contribution is 5.82. The van der Waals surface area contributed by atoms with Crippen molar-refractivity contribution in [3.63, 3.8) is 0 Å². The van der Waals surface area contributed by atoms with Gasteiger partial charge in [-0.15, -0.1) is 0 Å². The van der Waals surface area contributed by atoms with Gasteiger partial charge in [0.25, 0.3) is 0 Å². The number of methoxy groups -OCH3 is 2. The largest absolute Gasteiger partial charge is 0.493 e. The standard InChI is InChI=1S/C11H15N3O3/c1-16-9-5-7-8(6-10(9)17-2)14(3-4-15)11(12)13-7/h5-6,15H,3-4H2,1-2H3,(H2,12,13). The molecule has 0 fully saturated rings. The van der Waals surface area contributed by atoms with Crippen molar-refractivity contribution in [1.29, 1.82) is 0 Å². The minimum atomic E-state index is 0.00397. The van der Waals surface area contributed by atoms with E-state index in [9.17, 15) is 0 Å². The average molecular weight is 237 g/mol. The molecule has 0 saturated heterocycles. The van der Waals surface area contributed by atoms with Crippen LogP contribution in [-0.2, 0) is 6.54 Å². The fourth-order valence-electron chi connectivity index (χ4n) is 1.81. The van der Waals surface area contributed by atoms with Gasteiger partial charge in [-0.1, -0.05) is 0 Å². The number of ether oxygens (including phenoxy) is 2. The molecule has 2 aromatic rings. The Hall–Kier alpha value is -1.95. The molecule has 6 heteroatoms. The van der Waals surface area contributed by atoms with Gasteiger partial charge in [-0.05, 0) is 0 Å². The summed E-state index contributed by atoms with van der Waals surface area (Å²) in [6.07, 6.45) is 0. The van der Waals surface area contributed by atoms with E-state index in [4.69, 9.17) is 20.3 Å². The van der Waals surface area contributed by atoms with Crippen LogP contribution in [0, 0.1) is 0 Å². The summed E-state index contributed by atoms with van der Waals surface area (Å²) in [5, 5.41) is 8.99. The molecule has 0 unspecified atom stereocenters. The molecule has 1 aromatic carbocycles. The molecule has 2 rings (SSSR count).